The van der Waals surface area contributed by atoms with Gasteiger partial charge in [-0.2, -0.15) is 5.26 Å². The average molecular weight is 280 g/mol. The van der Waals surface area contributed by atoms with Crippen molar-refractivity contribution in [2.45, 2.75) is 6.42 Å². The first-order chi connectivity index (χ1) is 9.86. The lowest BCUT2D eigenvalue weighted by Gasteiger charge is -2.07. The summed E-state index contributed by atoms with van der Waals surface area (Å²) < 4.78 is 5.68. The molecule has 3 aromatic rings. The van der Waals surface area contributed by atoms with Crippen molar-refractivity contribution in [1.29, 1.82) is 5.26 Å². The molecular formula is C16H12N2OS. The summed E-state index contributed by atoms with van der Waals surface area (Å²) >= 11 is 1.71. The Morgan fingerprint density at radius 2 is 2.10 bits per heavy atom. The fourth-order valence-corrected chi connectivity index (χ4v) is 2.68. The number of rotatable bonds is 4. The topological polar surface area (TPSA) is 45.9 Å². The van der Waals surface area contributed by atoms with Gasteiger partial charge in [-0.25, -0.2) is 4.98 Å². The summed E-state index contributed by atoms with van der Waals surface area (Å²) in [5.41, 5.74) is 1.33. The van der Waals surface area contributed by atoms with E-state index in [9.17, 15) is 5.26 Å². The van der Waals surface area contributed by atoms with Crippen molar-refractivity contribution >= 4 is 22.2 Å². The maximum absolute atomic E-state index is 9.19. The first-order valence-electron chi connectivity index (χ1n) is 6.32. The average Bonchev–Trinajstić information content (AvgIpc) is 3.00. The predicted octanol–water partition coefficient (Wildman–Crippen LogP) is 3.79. The van der Waals surface area contributed by atoms with Crippen LogP contribution in [-0.4, -0.2) is 11.6 Å². The van der Waals surface area contributed by atoms with E-state index in [0.29, 0.717) is 18.1 Å². The summed E-state index contributed by atoms with van der Waals surface area (Å²) in [4.78, 5) is 5.69. The normalized spacial score (nSPS) is 10.3. The second-order valence-electron chi connectivity index (χ2n) is 4.32. The molecule has 2 aromatic heterocycles. The molecule has 0 radical (unpaired) electrons. The summed E-state index contributed by atoms with van der Waals surface area (Å²) in [5, 5.41) is 12.2. The Bertz CT molecular complexity index is 760. The number of fused-ring (bicyclic) bond motifs is 1. The third-order valence-corrected chi connectivity index (χ3v) is 3.91. The summed E-state index contributed by atoms with van der Waals surface area (Å²) in [6.45, 7) is 0.528. The molecule has 0 N–H and O–H groups in total. The van der Waals surface area contributed by atoms with Crippen LogP contribution in [0.1, 0.15) is 10.4 Å². The van der Waals surface area contributed by atoms with Crippen molar-refractivity contribution in [3.05, 3.63) is 58.3 Å². The lowest BCUT2D eigenvalue weighted by molar-refractivity contribution is 0.310. The highest BCUT2D eigenvalue weighted by molar-refractivity contribution is 7.09. The van der Waals surface area contributed by atoms with E-state index in [-0.39, 0.29) is 0 Å². The van der Waals surface area contributed by atoms with Crippen LogP contribution in [0.2, 0.25) is 0 Å². The molecule has 0 bridgehead atoms. The molecule has 1 aromatic carbocycles. The summed E-state index contributed by atoms with van der Waals surface area (Å²) in [7, 11) is 0. The van der Waals surface area contributed by atoms with Gasteiger partial charge in [0.15, 0.2) is 0 Å². The van der Waals surface area contributed by atoms with E-state index in [1.807, 2.05) is 41.8 Å². The van der Waals surface area contributed by atoms with Gasteiger partial charge in [-0.15, -0.1) is 11.3 Å². The van der Waals surface area contributed by atoms with Gasteiger partial charge in [0.1, 0.15) is 11.6 Å². The zero-order valence-corrected chi connectivity index (χ0v) is 11.6. The van der Waals surface area contributed by atoms with Gasteiger partial charge in [0.25, 0.3) is 0 Å². The zero-order chi connectivity index (χ0) is 13.8. The van der Waals surface area contributed by atoms with E-state index in [4.69, 9.17) is 4.74 Å². The molecule has 0 fully saturated rings. The lowest BCUT2D eigenvalue weighted by Crippen LogP contribution is -2.03. The maximum atomic E-state index is 9.19. The fourth-order valence-electron chi connectivity index (χ4n) is 1.99. The number of ether oxygens (including phenoxy) is 1. The van der Waals surface area contributed by atoms with E-state index in [1.54, 1.807) is 11.3 Å². The predicted molar refractivity (Wildman–Crippen MR) is 80.0 cm³/mol. The number of pyridine rings is 1. The minimum atomic E-state index is 0.419. The minimum Gasteiger partial charge on any atom is -0.476 e. The molecule has 0 aliphatic rings. The molecule has 0 atom stereocenters. The second-order valence-corrected chi connectivity index (χ2v) is 5.36. The third kappa shape index (κ3) is 2.63. The SMILES string of the molecule is N#Cc1cc2ccccc2nc1OCCc1cccs1. The van der Waals surface area contributed by atoms with E-state index in [2.05, 4.69) is 17.1 Å². The Morgan fingerprint density at radius 3 is 2.90 bits per heavy atom. The molecule has 3 nitrogen and oxygen atoms in total. The largest absolute Gasteiger partial charge is 0.476 e. The Labute approximate surface area is 121 Å². The molecule has 20 heavy (non-hydrogen) atoms. The van der Waals surface area contributed by atoms with Gasteiger partial charge in [0.05, 0.1) is 12.1 Å². The highest BCUT2D eigenvalue weighted by Crippen LogP contribution is 2.22. The van der Waals surface area contributed by atoms with Gasteiger partial charge in [-0.1, -0.05) is 24.3 Å². The van der Waals surface area contributed by atoms with Crippen LogP contribution in [0.25, 0.3) is 10.9 Å². The smallest absolute Gasteiger partial charge is 0.232 e. The van der Waals surface area contributed by atoms with Crippen LogP contribution < -0.4 is 4.74 Å². The van der Waals surface area contributed by atoms with Crippen molar-refractivity contribution in [3.63, 3.8) is 0 Å². The van der Waals surface area contributed by atoms with Crippen molar-refractivity contribution in [1.82, 2.24) is 4.98 Å². The number of thiophene rings is 1. The fraction of sp³-hybridized carbons (Fsp3) is 0.125. The lowest BCUT2D eigenvalue weighted by atomic mass is 10.1. The standard InChI is InChI=1S/C16H12N2OS/c17-11-13-10-12-4-1-2-6-15(12)18-16(13)19-8-7-14-5-3-9-20-14/h1-6,9-10H,7-8H2. The zero-order valence-electron chi connectivity index (χ0n) is 10.7. The first-order valence-corrected chi connectivity index (χ1v) is 7.20. The van der Waals surface area contributed by atoms with Crippen molar-refractivity contribution in [2.75, 3.05) is 6.61 Å². The molecule has 4 heteroatoms. The Balaban J connectivity index is 1.81. The van der Waals surface area contributed by atoms with Crippen LogP contribution in [0.3, 0.4) is 0 Å². The van der Waals surface area contributed by atoms with Crippen molar-refractivity contribution < 1.29 is 4.74 Å². The molecule has 0 saturated heterocycles. The quantitative estimate of drug-likeness (QED) is 0.730. The van der Waals surface area contributed by atoms with Gasteiger partial charge < -0.3 is 4.74 Å². The van der Waals surface area contributed by atoms with Crippen molar-refractivity contribution in [3.8, 4) is 11.9 Å². The molecule has 0 amide bonds. The number of aromatic nitrogens is 1. The molecule has 2 heterocycles. The van der Waals surface area contributed by atoms with Crippen LogP contribution >= 0.6 is 11.3 Å². The number of para-hydroxylation sites is 1. The molecular weight excluding hydrogens is 268 g/mol. The van der Waals surface area contributed by atoms with E-state index in [0.717, 1.165) is 17.3 Å². The number of benzene rings is 1. The van der Waals surface area contributed by atoms with E-state index < -0.39 is 0 Å². The monoisotopic (exact) mass is 280 g/mol. The van der Waals surface area contributed by atoms with Gasteiger partial charge in [-0.05, 0) is 23.6 Å². The molecule has 0 spiro atoms. The molecule has 0 aliphatic heterocycles. The van der Waals surface area contributed by atoms with Crippen LogP contribution in [-0.2, 0) is 6.42 Å². The third-order valence-electron chi connectivity index (χ3n) is 2.98. The highest BCUT2D eigenvalue weighted by Gasteiger charge is 2.07. The molecule has 0 aliphatic carbocycles. The van der Waals surface area contributed by atoms with E-state index in [1.165, 1.54) is 4.88 Å². The van der Waals surface area contributed by atoms with Crippen molar-refractivity contribution in [2.24, 2.45) is 0 Å². The summed E-state index contributed by atoms with van der Waals surface area (Å²) in [6.07, 6.45) is 0.830. The Kier molecular flexibility index (Phi) is 3.62. The van der Waals surface area contributed by atoms with Gasteiger partial charge in [0, 0.05) is 16.7 Å². The first kappa shape index (κ1) is 12.6. The Morgan fingerprint density at radius 1 is 1.20 bits per heavy atom. The van der Waals surface area contributed by atoms with Crippen LogP contribution in [0.4, 0.5) is 0 Å². The van der Waals surface area contributed by atoms with Gasteiger partial charge in [0.2, 0.25) is 5.88 Å². The number of nitriles is 1. The van der Waals surface area contributed by atoms with Crippen LogP contribution in [0.15, 0.2) is 47.8 Å². The Hall–Kier alpha value is -2.38. The second kappa shape index (κ2) is 5.72. The van der Waals surface area contributed by atoms with Gasteiger partial charge >= 0.3 is 0 Å². The van der Waals surface area contributed by atoms with E-state index >= 15 is 0 Å². The molecule has 3 rings (SSSR count). The summed E-state index contributed by atoms with van der Waals surface area (Å²) in [6, 6.07) is 15.8. The van der Waals surface area contributed by atoms with Crippen LogP contribution in [0, 0.1) is 11.3 Å². The maximum Gasteiger partial charge on any atom is 0.232 e. The highest BCUT2D eigenvalue weighted by atomic mass is 32.1. The number of nitrogens with zero attached hydrogens (tertiary/aromatic N) is 2. The molecule has 0 saturated carbocycles. The summed E-state index contributed by atoms with van der Waals surface area (Å²) in [5.74, 6) is 0.419. The molecule has 98 valence electrons. The number of hydrogen-bond donors (Lipinski definition) is 0. The number of hydrogen-bond acceptors (Lipinski definition) is 4. The minimum absolute atomic E-state index is 0.419. The van der Waals surface area contributed by atoms with Gasteiger partial charge in [-0.3, -0.25) is 0 Å². The van der Waals surface area contributed by atoms with Crippen LogP contribution in [0.5, 0.6) is 5.88 Å². The molecule has 0 unspecified atom stereocenters.